The van der Waals surface area contributed by atoms with Crippen LogP contribution in [0, 0.1) is 6.92 Å². The van der Waals surface area contributed by atoms with Gasteiger partial charge in [0, 0.05) is 34.9 Å². The van der Waals surface area contributed by atoms with E-state index in [-0.39, 0.29) is 40.0 Å². The molecule has 35 heavy (non-hydrogen) atoms. The monoisotopic (exact) mass is 486 g/mol. The highest BCUT2D eigenvalue weighted by molar-refractivity contribution is 5.92. The largest absolute Gasteiger partial charge is 0.480 e. The van der Waals surface area contributed by atoms with Gasteiger partial charge >= 0.3 is 12.1 Å². The first-order valence-electron chi connectivity index (χ1n) is 10.4. The van der Waals surface area contributed by atoms with Crippen molar-refractivity contribution in [3.05, 3.63) is 65.6 Å². The van der Waals surface area contributed by atoms with Crippen molar-refractivity contribution in [3.63, 3.8) is 0 Å². The van der Waals surface area contributed by atoms with Crippen LogP contribution >= 0.6 is 0 Å². The Morgan fingerprint density at radius 2 is 1.97 bits per heavy atom. The van der Waals surface area contributed by atoms with Crippen LogP contribution < -0.4 is 20.5 Å². The van der Waals surface area contributed by atoms with Gasteiger partial charge in [-0.2, -0.15) is 18.2 Å². The Balaban J connectivity index is 1.82. The van der Waals surface area contributed by atoms with E-state index in [1.807, 2.05) is 25.1 Å². The van der Waals surface area contributed by atoms with Crippen molar-refractivity contribution in [1.82, 2.24) is 20.4 Å². The average Bonchev–Trinajstić information content (AvgIpc) is 3.20. The molecule has 0 spiro atoms. The lowest BCUT2D eigenvalue weighted by Crippen LogP contribution is -2.45. The Hall–Kier alpha value is -4.19. The van der Waals surface area contributed by atoms with Crippen LogP contribution in [0.2, 0.25) is 0 Å². The number of hydrazine groups is 1. The maximum atomic E-state index is 13.4. The number of rotatable bonds is 6. The molecule has 9 nitrogen and oxygen atoms in total. The first-order chi connectivity index (χ1) is 16.6. The van der Waals surface area contributed by atoms with Crippen LogP contribution in [0.15, 0.2) is 54.5 Å². The van der Waals surface area contributed by atoms with Gasteiger partial charge in [0.15, 0.2) is 5.82 Å². The first kappa shape index (κ1) is 24.0. The molecule has 3 heterocycles. The number of aromatic carboxylic acids is 1. The summed E-state index contributed by atoms with van der Waals surface area (Å²) < 4.78 is 45.2. The van der Waals surface area contributed by atoms with Crippen LogP contribution in [0.25, 0.3) is 11.1 Å². The number of carboxylic acids is 1. The normalized spacial score (nSPS) is 15.7. The van der Waals surface area contributed by atoms with Crippen molar-refractivity contribution in [2.75, 3.05) is 17.4 Å². The van der Waals surface area contributed by atoms with Gasteiger partial charge in [-0.15, -0.1) is 0 Å². The number of carbonyl (C=O) groups is 1. The Morgan fingerprint density at radius 3 is 2.60 bits per heavy atom. The summed E-state index contributed by atoms with van der Waals surface area (Å²) >= 11 is 0. The van der Waals surface area contributed by atoms with Gasteiger partial charge in [-0.1, -0.05) is 12.1 Å². The minimum Gasteiger partial charge on any atom is -0.480 e. The molecule has 0 amide bonds. The van der Waals surface area contributed by atoms with Gasteiger partial charge in [0.05, 0.1) is 7.11 Å². The molecule has 1 unspecified atom stereocenters. The maximum Gasteiger partial charge on any atom is 0.409 e. The molecular weight excluding hydrogens is 465 g/mol. The molecule has 0 fully saturated rings. The molecular formula is C23H21F3N6O3. The highest BCUT2D eigenvalue weighted by Gasteiger charge is 2.43. The number of nitrogens with zero attached hydrogens (tertiary/aromatic N) is 4. The van der Waals surface area contributed by atoms with Gasteiger partial charge in [-0.25, -0.2) is 20.2 Å². The number of carboxylic acid groups (broad SMARTS) is 1. The SMILES string of the molecule is COc1ncc(-c2cnc(Nc3cccc(C)c3)nc2N2NC(C(F)(F)F)C=C2C)cc1C(=O)O. The highest BCUT2D eigenvalue weighted by Crippen LogP contribution is 2.36. The third-order valence-corrected chi connectivity index (χ3v) is 5.22. The smallest absolute Gasteiger partial charge is 0.409 e. The molecule has 1 aromatic carbocycles. The van der Waals surface area contributed by atoms with E-state index in [1.54, 1.807) is 6.07 Å². The third-order valence-electron chi connectivity index (χ3n) is 5.22. The quantitative estimate of drug-likeness (QED) is 0.465. The number of pyridine rings is 1. The van der Waals surface area contributed by atoms with Gasteiger partial charge < -0.3 is 15.2 Å². The fourth-order valence-corrected chi connectivity index (χ4v) is 3.56. The average molecular weight is 486 g/mol. The van der Waals surface area contributed by atoms with Crippen molar-refractivity contribution in [2.24, 2.45) is 0 Å². The van der Waals surface area contributed by atoms with E-state index in [0.29, 0.717) is 5.69 Å². The van der Waals surface area contributed by atoms with Crippen molar-refractivity contribution in [1.29, 1.82) is 0 Å². The summed E-state index contributed by atoms with van der Waals surface area (Å²) in [6.45, 7) is 3.42. The lowest BCUT2D eigenvalue weighted by atomic mass is 10.1. The number of hydrogen-bond acceptors (Lipinski definition) is 8. The summed E-state index contributed by atoms with van der Waals surface area (Å²) in [4.78, 5) is 24.5. The zero-order valence-corrected chi connectivity index (χ0v) is 18.9. The van der Waals surface area contributed by atoms with Crippen LogP contribution in [-0.2, 0) is 0 Å². The number of allylic oxidation sites excluding steroid dienone is 1. The predicted octanol–water partition coefficient (Wildman–Crippen LogP) is 4.46. The van der Waals surface area contributed by atoms with Gasteiger partial charge in [0.1, 0.15) is 11.6 Å². The topological polar surface area (TPSA) is 113 Å². The molecule has 0 saturated carbocycles. The molecule has 1 aliphatic heterocycles. The number of methoxy groups -OCH3 is 1. The predicted molar refractivity (Wildman–Crippen MR) is 122 cm³/mol. The minimum atomic E-state index is -4.52. The third kappa shape index (κ3) is 5.01. The second-order valence-electron chi connectivity index (χ2n) is 7.80. The first-order valence-corrected chi connectivity index (χ1v) is 10.4. The molecule has 182 valence electrons. The van der Waals surface area contributed by atoms with E-state index >= 15 is 0 Å². The Morgan fingerprint density at radius 1 is 1.20 bits per heavy atom. The fourth-order valence-electron chi connectivity index (χ4n) is 3.56. The molecule has 0 saturated heterocycles. The van der Waals surface area contributed by atoms with Crippen molar-refractivity contribution < 1.29 is 27.8 Å². The van der Waals surface area contributed by atoms with Crippen LogP contribution in [0.1, 0.15) is 22.8 Å². The number of anilines is 3. The van der Waals surface area contributed by atoms with Crippen LogP contribution in [0.3, 0.4) is 0 Å². The van der Waals surface area contributed by atoms with Gasteiger partial charge in [0.2, 0.25) is 11.8 Å². The van der Waals surface area contributed by atoms with Crippen molar-refractivity contribution in [2.45, 2.75) is 26.1 Å². The van der Waals surface area contributed by atoms with Gasteiger partial charge in [0.25, 0.3) is 0 Å². The Labute approximate surface area is 198 Å². The Kier molecular flexibility index (Phi) is 6.31. The highest BCUT2D eigenvalue weighted by atomic mass is 19.4. The summed E-state index contributed by atoms with van der Waals surface area (Å²) in [6, 6.07) is 6.81. The molecule has 0 aliphatic carbocycles. The van der Waals surface area contributed by atoms with E-state index < -0.39 is 18.2 Å². The molecule has 1 aliphatic rings. The number of halogens is 3. The maximum absolute atomic E-state index is 13.4. The number of alkyl halides is 3. The number of benzene rings is 1. The van der Waals surface area contributed by atoms with E-state index in [9.17, 15) is 23.1 Å². The summed E-state index contributed by atoms with van der Waals surface area (Å²) in [5.41, 5.74) is 4.68. The second kappa shape index (κ2) is 9.22. The fraction of sp³-hybridized carbons (Fsp3) is 0.217. The molecule has 2 aromatic heterocycles. The number of aryl methyl sites for hydroxylation is 1. The van der Waals surface area contributed by atoms with Crippen LogP contribution in [0.4, 0.5) is 30.6 Å². The summed E-state index contributed by atoms with van der Waals surface area (Å²) in [5.74, 6) is -1.16. The zero-order chi connectivity index (χ0) is 25.3. The lowest BCUT2D eigenvalue weighted by Gasteiger charge is -2.25. The number of nitrogens with one attached hydrogen (secondary N) is 2. The number of ether oxygens (including phenoxy) is 1. The van der Waals surface area contributed by atoms with Crippen LogP contribution in [-0.4, -0.2) is 45.4 Å². The summed E-state index contributed by atoms with van der Waals surface area (Å²) in [6.07, 6.45) is -0.749. The molecule has 0 radical (unpaired) electrons. The minimum absolute atomic E-state index is 0.0824. The molecule has 3 N–H and O–H groups in total. The zero-order valence-electron chi connectivity index (χ0n) is 18.9. The lowest BCUT2D eigenvalue weighted by molar-refractivity contribution is -0.142. The van der Waals surface area contributed by atoms with E-state index in [2.05, 4.69) is 25.7 Å². The van der Waals surface area contributed by atoms with Crippen LogP contribution in [0.5, 0.6) is 5.88 Å². The Bertz CT molecular complexity index is 1310. The van der Waals surface area contributed by atoms with Gasteiger partial charge in [-0.3, -0.25) is 5.01 Å². The molecule has 3 aromatic rings. The van der Waals surface area contributed by atoms with E-state index in [0.717, 1.165) is 11.6 Å². The second-order valence-corrected chi connectivity index (χ2v) is 7.80. The van der Waals surface area contributed by atoms with Gasteiger partial charge in [-0.05, 0) is 43.7 Å². The molecule has 12 heteroatoms. The number of hydrogen-bond donors (Lipinski definition) is 3. The van der Waals surface area contributed by atoms with Crippen molar-refractivity contribution >= 4 is 23.4 Å². The van der Waals surface area contributed by atoms with E-state index in [4.69, 9.17) is 4.74 Å². The van der Waals surface area contributed by atoms with Crippen molar-refractivity contribution in [3.8, 4) is 17.0 Å². The molecule has 4 rings (SSSR count). The summed E-state index contributed by atoms with van der Waals surface area (Å²) in [5, 5.41) is 13.8. The van der Waals surface area contributed by atoms with E-state index in [1.165, 1.54) is 37.5 Å². The summed E-state index contributed by atoms with van der Waals surface area (Å²) in [7, 11) is 1.29. The molecule has 1 atom stereocenters. The standard InChI is InChI=1S/C23H21F3N6O3/c1-12-5-4-6-15(7-12)29-22-28-11-17(14-9-16(21(33)34)20(35-3)27-10-14)19(30-22)32-13(2)8-18(31-32)23(24,25)26/h4-11,18,31H,1-3H3,(H,33,34)(H,28,29,30). The number of aromatic nitrogens is 3. The molecule has 0 bridgehead atoms.